The summed E-state index contributed by atoms with van der Waals surface area (Å²) < 4.78 is 0. The molecule has 0 aromatic heterocycles. The van der Waals surface area contributed by atoms with E-state index in [1.807, 2.05) is 0 Å². The van der Waals surface area contributed by atoms with Gasteiger partial charge in [-0.2, -0.15) is 0 Å². The second-order valence-corrected chi connectivity index (χ2v) is 12.6. The first-order valence-corrected chi connectivity index (χ1v) is 16.3. The molecule has 0 aliphatic rings. The van der Waals surface area contributed by atoms with Gasteiger partial charge in [0.05, 0.1) is 0 Å². The summed E-state index contributed by atoms with van der Waals surface area (Å²) in [6.45, 7) is 0. The van der Waals surface area contributed by atoms with E-state index < -0.39 is 0 Å². The Balaban J connectivity index is 1.18. The van der Waals surface area contributed by atoms with E-state index in [4.69, 9.17) is 0 Å². The molecule has 0 bridgehead atoms. The van der Waals surface area contributed by atoms with Gasteiger partial charge in [0, 0.05) is 17.1 Å². The predicted octanol–water partition coefficient (Wildman–Crippen LogP) is 13.2. The second-order valence-electron chi connectivity index (χ2n) is 12.6. The highest BCUT2D eigenvalue weighted by atomic mass is 15.1. The van der Waals surface area contributed by atoms with Crippen molar-refractivity contribution < 1.29 is 0 Å². The first kappa shape index (κ1) is 26.1. The Morgan fingerprint density at radius 3 is 1.04 bits per heavy atom. The third kappa shape index (κ3) is 4.10. The minimum absolute atomic E-state index is 1.14. The number of nitrogens with zero attached hydrogens (tertiary/aromatic N) is 1. The van der Waals surface area contributed by atoms with E-state index in [9.17, 15) is 0 Å². The summed E-state index contributed by atoms with van der Waals surface area (Å²) in [5, 5.41) is 17.8. The molecule has 0 aliphatic heterocycles. The van der Waals surface area contributed by atoms with Gasteiger partial charge in [0.25, 0.3) is 0 Å². The smallest absolute Gasteiger partial charge is 0.0468 e. The van der Waals surface area contributed by atoms with Crippen molar-refractivity contribution in [3.63, 3.8) is 0 Å². The summed E-state index contributed by atoms with van der Waals surface area (Å²) in [4.78, 5) is 2.40. The van der Waals surface area contributed by atoms with Crippen molar-refractivity contribution in [2.24, 2.45) is 0 Å². The maximum Gasteiger partial charge on any atom is 0.0468 e. The average Bonchev–Trinajstić information content (AvgIpc) is 3.14. The zero-order valence-corrected chi connectivity index (χ0v) is 25.7. The number of anilines is 3. The molecule has 0 heterocycles. The highest BCUT2D eigenvalue weighted by Gasteiger charge is 2.16. The van der Waals surface area contributed by atoms with E-state index in [2.05, 4.69) is 181 Å². The molecular formula is C46H29N. The minimum atomic E-state index is 1.14. The molecule has 10 rings (SSSR count). The van der Waals surface area contributed by atoms with Crippen LogP contribution in [0.1, 0.15) is 0 Å². The molecule has 0 unspecified atom stereocenters. The molecule has 0 amide bonds. The van der Waals surface area contributed by atoms with Gasteiger partial charge in [0.2, 0.25) is 0 Å². The van der Waals surface area contributed by atoms with Gasteiger partial charge in [-0.15, -0.1) is 0 Å². The van der Waals surface area contributed by atoms with Crippen LogP contribution in [0.3, 0.4) is 0 Å². The molecule has 0 radical (unpaired) electrons. The molecule has 0 aliphatic carbocycles. The fourth-order valence-corrected chi connectivity index (χ4v) is 7.67. The summed E-state index contributed by atoms with van der Waals surface area (Å²) in [7, 11) is 0. The molecule has 0 spiro atoms. The molecule has 0 N–H and O–H groups in total. The third-order valence-corrected chi connectivity index (χ3v) is 9.96. The van der Waals surface area contributed by atoms with Gasteiger partial charge >= 0.3 is 0 Å². The number of hydrogen-bond donors (Lipinski definition) is 0. The van der Waals surface area contributed by atoms with E-state index in [0.29, 0.717) is 0 Å². The van der Waals surface area contributed by atoms with E-state index in [-0.39, 0.29) is 0 Å². The Bertz CT molecular complexity index is 2700. The van der Waals surface area contributed by atoms with Crippen LogP contribution < -0.4 is 4.90 Å². The molecule has 218 valence electrons. The van der Waals surface area contributed by atoms with Crippen molar-refractivity contribution in [1.29, 1.82) is 0 Å². The Morgan fingerprint density at radius 1 is 0.213 bits per heavy atom. The van der Waals surface area contributed by atoms with Crippen LogP contribution >= 0.6 is 0 Å². The molecule has 10 aromatic rings. The lowest BCUT2D eigenvalue weighted by molar-refractivity contribution is 1.30. The van der Waals surface area contributed by atoms with Crippen LogP contribution in [0.5, 0.6) is 0 Å². The maximum atomic E-state index is 2.40. The average molecular weight is 596 g/mol. The van der Waals surface area contributed by atoms with Crippen LogP contribution in [0.25, 0.3) is 75.4 Å². The molecule has 0 saturated heterocycles. The van der Waals surface area contributed by atoms with Crippen molar-refractivity contribution in [1.82, 2.24) is 0 Å². The van der Waals surface area contributed by atoms with E-state index in [0.717, 1.165) is 17.1 Å². The zero-order chi connectivity index (χ0) is 30.9. The first-order valence-electron chi connectivity index (χ1n) is 16.3. The van der Waals surface area contributed by atoms with Gasteiger partial charge in [-0.25, -0.2) is 0 Å². The van der Waals surface area contributed by atoms with Gasteiger partial charge in [0.15, 0.2) is 0 Å². The van der Waals surface area contributed by atoms with E-state index in [1.165, 1.54) is 75.4 Å². The van der Waals surface area contributed by atoms with Crippen molar-refractivity contribution in [2.45, 2.75) is 0 Å². The highest BCUT2D eigenvalue weighted by molar-refractivity contribution is 6.19. The predicted molar refractivity (Wildman–Crippen MR) is 204 cm³/mol. The normalized spacial score (nSPS) is 11.8. The molecule has 47 heavy (non-hydrogen) atoms. The lowest BCUT2D eigenvalue weighted by Crippen LogP contribution is -2.10. The maximum absolute atomic E-state index is 2.40. The summed E-state index contributed by atoms with van der Waals surface area (Å²) in [5.41, 5.74) is 3.42. The summed E-state index contributed by atoms with van der Waals surface area (Å²) in [5.74, 6) is 0. The third-order valence-electron chi connectivity index (χ3n) is 9.96. The van der Waals surface area contributed by atoms with Crippen LogP contribution in [0.15, 0.2) is 176 Å². The fraction of sp³-hybridized carbons (Fsp3) is 0. The van der Waals surface area contributed by atoms with Crippen molar-refractivity contribution in [3.05, 3.63) is 176 Å². The SMILES string of the molecule is c1ccc2cc(N(c3ccc4c(ccc5c6ccccc6ccc45)c3)c3ccc4c(ccc5c6ccccc6ccc45)c3)ccc2c1. The largest absolute Gasteiger partial charge is 0.310 e. The van der Waals surface area contributed by atoms with E-state index in [1.54, 1.807) is 0 Å². The van der Waals surface area contributed by atoms with Gasteiger partial charge in [-0.05, 0) is 112 Å². The van der Waals surface area contributed by atoms with Crippen molar-refractivity contribution in [3.8, 4) is 0 Å². The standard InChI is InChI=1S/C46H29N/c1-2-10-33-27-36(18-13-30(33)7-1)47(37-19-25-41-34(28-37)16-23-43-39-11-5-3-8-31(39)14-21-45(41)43)38-20-26-42-35(29-38)17-24-44-40-12-6-4-9-32(40)15-22-46(42)44/h1-29H. The number of benzene rings is 10. The first-order chi connectivity index (χ1) is 23.3. The van der Waals surface area contributed by atoms with Crippen LogP contribution in [0.2, 0.25) is 0 Å². The Labute approximate surface area is 272 Å². The lowest BCUT2D eigenvalue weighted by atomic mass is 9.96. The van der Waals surface area contributed by atoms with Crippen LogP contribution in [-0.4, -0.2) is 0 Å². The highest BCUT2D eigenvalue weighted by Crippen LogP contribution is 2.41. The molecule has 0 atom stereocenters. The fourth-order valence-electron chi connectivity index (χ4n) is 7.67. The lowest BCUT2D eigenvalue weighted by Gasteiger charge is -2.27. The van der Waals surface area contributed by atoms with Crippen molar-refractivity contribution in [2.75, 3.05) is 4.90 Å². The molecule has 1 nitrogen and oxygen atoms in total. The summed E-state index contributed by atoms with van der Waals surface area (Å²) in [6, 6.07) is 64.7. The Hall–Kier alpha value is -6.18. The second kappa shape index (κ2) is 10.2. The topological polar surface area (TPSA) is 3.24 Å². The molecule has 0 fully saturated rings. The van der Waals surface area contributed by atoms with Gasteiger partial charge in [-0.3, -0.25) is 0 Å². The summed E-state index contributed by atoms with van der Waals surface area (Å²) in [6.07, 6.45) is 0. The summed E-state index contributed by atoms with van der Waals surface area (Å²) >= 11 is 0. The van der Waals surface area contributed by atoms with Crippen LogP contribution in [0.4, 0.5) is 17.1 Å². The van der Waals surface area contributed by atoms with E-state index >= 15 is 0 Å². The van der Waals surface area contributed by atoms with Crippen molar-refractivity contribution >= 4 is 92.5 Å². The molecule has 0 saturated carbocycles. The number of hydrogen-bond acceptors (Lipinski definition) is 1. The Kier molecular flexibility index (Phi) is 5.64. The van der Waals surface area contributed by atoms with Gasteiger partial charge < -0.3 is 4.90 Å². The number of rotatable bonds is 3. The molecule has 1 heteroatoms. The number of fused-ring (bicyclic) bond motifs is 11. The Morgan fingerprint density at radius 2 is 0.532 bits per heavy atom. The molecule has 10 aromatic carbocycles. The molecular weight excluding hydrogens is 567 g/mol. The van der Waals surface area contributed by atoms with Gasteiger partial charge in [-0.1, -0.05) is 140 Å². The quantitative estimate of drug-likeness (QED) is 0.184. The van der Waals surface area contributed by atoms with Gasteiger partial charge in [0.1, 0.15) is 0 Å². The monoisotopic (exact) mass is 595 g/mol. The minimum Gasteiger partial charge on any atom is -0.310 e. The van der Waals surface area contributed by atoms with Crippen LogP contribution in [0, 0.1) is 0 Å². The zero-order valence-electron chi connectivity index (χ0n) is 25.7. The van der Waals surface area contributed by atoms with Crippen LogP contribution in [-0.2, 0) is 0 Å².